The third-order valence-corrected chi connectivity index (χ3v) is 6.50. The Kier molecular flexibility index (Phi) is 3.46. The molecule has 0 amide bonds. The summed E-state index contributed by atoms with van der Waals surface area (Å²) in [5, 5.41) is 7.26. The molecule has 7 nitrogen and oxygen atoms in total. The van der Waals surface area contributed by atoms with E-state index in [2.05, 4.69) is 20.2 Å². The number of sulfonamides is 1. The highest BCUT2D eigenvalue weighted by molar-refractivity contribution is 7.89. The van der Waals surface area contributed by atoms with Crippen molar-refractivity contribution < 1.29 is 8.42 Å². The zero-order chi connectivity index (χ0) is 16.0. The fraction of sp³-hybridized carbons (Fsp3) is 0.533. The number of pyridine rings is 1. The van der Waals surface area contributed by atoms with E-state index in [9.17, 15) is 8.42 Å². The van der Waals surface area contributed by atoms with Crippen LogP contribution in [0.5, 0.6) is 0 Å². The molecular weight excluding hydrogens is 314 g/mol. The Morgan fingerprint density at radius 2 is 2.09 bits per heavy atom. The lowest BCUT2D eigenvalue weighted by molar-refractivity contribution is 0.423. The molecule has 1 aliphatic heterocycles. The van der Waals surface area contributed by atoms with E-state index in [4.69, 9.17) is 0 Å². The van der Waals surface area contributed by atoms with Gasteiger partial charge in [-0.1, -0.05) is 6.07 Å². The predicted molar refractivity (Wildman–Crippen MR) is 83.1 cm³/mol. The minimum Gasteiger partial charge on any atom is -0.263 e. The number of aromatic nitrogens is 4. The van der Waals surface area contributed by atoms with Crippen molar-refractivity contribution in [2.75, 3.05) is 13.1 Å². The van der Waals surface area contributed by atoms with Crippen LogP contribution in [-0.4, -0.2) is 46.0 Å². The number of nitrogens with zero attached hydrogens (tertiary/aromatic N) is 4. The van der Waals surface area contributed by atoms with E-state index in [1.807, 2.05) is 6.92 Å². The van der Waals surface area contributed by atoms with E-state index < -0.39 is 10.0 Å². The second-order valence-electron chi connectivity index (χ2n) is 6.38. The van der Waals surface area contributed by atoms with Gasteiger partial charge in [-0.05, 0) is 43.7 Å². The summed E-state index contributed by atoms with van der Waals surface area (Å²) < 4.78 is 27.2. The highest BCUT2D eigenvalue weighted by atomic mass is 32.2. The van der Waals surface area contributed by atoms with Crippen LogP contribution in [0.15, 0.2) is 29.4 Å². The van der Waals surface area contributed by atoms with Gasteiger partial charge in [-0.3, -0.25) is 5.10 Å². The van der Waals surface area contributed by atoms with Gasteiger partial charge >= 0.3 is 0 Å². The largest absolute Gasteiger partial charge is 0.263 e. The molecule has 0 aromatic carbocycles. The first kappa shape index (κ1) is 14.8. The van der Waals surface area contributed by atoms with Gasteiger partial charge in [0.05, 0.1) is 0 Å². The lowest BCUT2D eigenvalue weighted by Gasteiger charge is -2.15. The third kappa shape index (κ3) is 2.66. The summed E-state index contributed by atoms with van der Waals surface area (Å²) in [6, 6.07) is 4.96. The van der Waals surface area contributed by atoms with Crippen molar-refractivity contribution in [1.29, 1.82) is 0 Å². The number of aromatic amines is 1. The van der Waals surface area contributed by atoms with E-state index >= 15 is 0 Å². The molecule has 2 aromatic rings. The Morgan fingerprint density at radius 1 is 1.26 bits per heavy atom. The summed E-state index contributed by atoms with van der Waals surface area (Å²) in [5.41, 5.74) is 0. The van der Waals surface area contributed by atoms with Gasteiger partial charge in [0.1, 0.15) is 5.82 Å². The minimum atomic E-state index is -3.56. The first-order chi connectivity index (χ1) is 11.1. The number of hydrogen-bond acceptors (Lipinski definition) is 5. The van der Waals surface area contributed by atoms with Gasteiger partial charge < -0.3 is 0 Å². The Labute approximate surface area is 135 Å². The maximum absolute atomic E-state index is 12.8. The lowest BCUT2D eigenvalue weighted by Crippen LogP contribution is -2.30. The normalized spacial score (nSPS) is 25.8. The van der Waals surface area contributed by atoms with Crippen molar-refractivity contribution >= 4 is 10.0 Å². The molecule has 2 aromatic heterocycles. The first-order valence-electron chi connectivity index (χ1n) is 7.86. The first-order valence-corrected chi connectivity index (χ1v) is 9.30. The molecule has 8 heteroatoms. The Bertz CT molecular complexity index is 800. The molecule has 1 saturated carbocycles. The topological polar surface area (TPSA) is 91.8 Å². The molecule has 1 aliphatic carbocycles. The zero-order valence-corrected chi connectivity index (χ0v) is 13.7. The number of aryl methyl sites for hydroxylation is 1. The van der Waals surface area contributed by atoms with Gasteiger partial charge in [0.2, 0.25) is 0 Å². The van der Waals surface area contributed by atoms with Gasteiger partial charge in [-0.15, -0.1) is 0 Å². The molecule has 23 heavy (non-hydrogen) atoms. The van der Waals surface area contributed by atoms with Crippen LogP contribution in [0.1, 0.15) is 30.4 Å². The number of hydrogen-bond donors (Lipinski definition) is 1. The van der Waals surface area contributed by atoms with Crippen molar-refractivity contribution in [3.63, 3.8) is 0 Å². The molecule has 0 bridgehead atoms. The van der Waals surface area contributed by atoms with Crippen LogP contribution < -0.4 is 0 Å². The Morgan fingerprint density at radius 3 is 2.70 bits per heavy atom. The van der Waals surface area contributed by atoms with Crippen molar-refractivity contribution in [2.24, 2.45) is 11.8 Å². The smallest absolute Gasteiger partial charge is 0.260 e. The van der Waals surface area contributed by atoms with Gasteiger partial charge in [-0.2, -0.15) is 9.40 Å². The van der Waals surface area contributed by atoms with Gasteiger partial charge in [0.25, 0.3) is 10.0 Å². The van der Waals surface area contributed by atoms with Crippen LogP contribution in [0.25, 0.3) is 0 Å². The average molecular weight is 333 g/mol. The Hall–Kier alpha value is -1.80. The number of nitrogens with one attached hydrogen (secondary N) is 1. The maximum atomic E-state index is 12.8. The molecule has 0 unspecified atom stereocenters. The van der Waals surface area contributed by atoms with E-state index in [0.717, 1.165) is 11.6 Å². The minimum absolute atomic E-state index is 0.0611. The summed E-state index contributed by atoms with van der Waals surface area (Å²) in [5.74, 6) is 2.44. The summed E-state index contributed by atoms with van der Waals surface area (Å²) in [6.07, 6.45) is 3.85. The van der Waals surface area contributed by atoms with Crippen molar-refractivity contribution in [3.8, 4) is 0 Å². The van der Waals surface area contributed by atoms with Crippen LogP contribution in [0.4, 0.5) is 0 Å². The zero-order valence-electron chi connectivity index (χ0n) is 12.9. The molecule has 0 radical (unpaired) electrons. The van der Waals surface area contributed by atoms with Crippen LogP contribution in [0.3, 0.4) is 0 Å². The van der Waals surface area contributed by atoms with Gasteiger partial charge in [-0.25, -0.2) is 18.4 Å². The van der Waals surface area contributed by atoms with E-state index in [0.29, 0.717) is 24.9 Å². The molecule has 2 fully saturated rings. The van der Waals surface area contributed by atoms with Gasteiger partial charge in [0, 0.05) is 25.2 Å². The van der Waals surface area contributed by atoms with Crippen LogP contribution in [-0.2, 0) is 10.0 Å². The van der Waals surface area contributed by atoms with Crippen LogP contribution >= 0.6 is 0 Å². The molecule has 4 rings (SSSR count). The molecule has 3 heterocycles. The summed E-state index contributed by atoms with van der Waals surface area (Å²) in [4.78, 5) is 8.45. The fourth-order valence-electron chi connectivity index (χ4n) is 3.42. The highest BCUT2D eigenvalue weighted by Crippen LogP contribution is 2.47. The van der Waals surface area contributed by atoms with Crippen LogP contribution in [0.2, 0.25) is 0 Å². The highest BCUT2D eigenvalue weighted by Gasteiger charge is 2.48. The SMILES string of the molecule is Cc1nc([C@@H]2CN(S(=O)(=O)c3ccccn3)C[C@H]2C2CC2)n[nH]1. The predicted octanol–water partition coefficient (Wildman–Crippen LogP) is 1.32. The molecular formula is C15H19N5O2S. The third-order valence-electron chi connectivity index (χ3n) is 4.75. The van der Waals surface area contributed by atoms with Gasteiger partial charge in [0.15, 0.2) is 10.9 Å². The summed E-state index contributed by atoms with van der Waals surface area (Å²) in [6.45, 7) is 2.82. The summed E-state index contributed by atoms with van der Waals surface area (Å²) >= 11 is 0. The standard InChI is InChI=1S/C15H19N5O2S/c1-10-17-15(19-18-10)13-9-20(8-12(13)11-5-6-11)23(21,22)14-4-2-3-7-16-14/h2-4,7,11-13H,5-6,8-9H2,1H3,(H,17,18,19)/t12-,13+/m0/s1. The molecule has 122 valence electrons. The van der Waals surface area contributed by atoms with Crippen molar-refractivity contribution in [2.45, 2.75) is 30.7 Å². The number of H-pyrrole nitrogens is 1. The fourth-order valence-corrected chi connectivity index (χ4v) is 4.86. The molecule has 1 N–H and O–H groups in total. The van der Waals surface area contributed by atoms with Crippen LogP contribution in [0, 0.1) is 18.8 Å². The van der Waals surface area contributed by atoms with E-state index in [-0.39, 0.29) is 10.9 Å². The molecule has 2 aliphatic rings. The van der Waals surface area contributed by atoms with E-state index in [1.165, 1.54) is 19.0 Å². The lowest BCUT2D eigenvalue weighted by atomic mass is 9.91. The second-order valence-corrected chi connectivity index (χ2v) is 8.26. The van der Waals surface area contributed by atoms with Crippen molar-refractivity contribution in [3.05, 3.63) is 36.0 Å². The van der Waals surface area contributed by atoms with E-state index in [1.54, 1.807) is 22.5 Å². The average Bonchev–Trinajstić information content (AvgIpc) is 3.14. The monoisotopic (exact) mass is 333 g/mol. The Balaban J connectivity index is 1.64. The second kappa shape index (κ2) is 5.38. The molecule has 0 spiro atoms. The maximum Gasteiger partial charge on any atom is 0.260 e. The quantitative estimate of drug-likeness (QED) is 0.911. The molecule has 1 saturated heterocycles. The molecule has 2 atom stereocenters. The number of rotatable bonds is 4. The summed E-state index contributed by atoms with van der Waals surface area (Å²) in [7, 11) is -3.56. The van der Waals surface area contributed by atoms with Crippen molar-refractivity contribution in [1.82, 2.24) is 24.5 Å².